The molecule has 0 heterocycles. The Morgan fingerprint density at radius 2 is 1.77 bits per heavy atom. The molecule has 0 bridgehead atoms. The van der Waals surface area contributed by atoms with Crippen LogP contribution in [-0.2, 0) is 0 Å². The van der Waals surface area contributed by atoms with E-state index in [1.807, 2.05) is 0 Å². The molecule has 4 saturated carbocycles. The average molecular weight is 419 g/mol. The molecular weight excluding hydrogens is 372 g/mol. The lowest BCUT2D eigenvalue weighted by molar-refractivity contribution is -0.0935. The number of fused-ring (bicyclic) bond motifs is 1. The van der Waals surface area contributed by atoms with E-state index in [1.165, 1.54) is 37.7 Å². The van der Waals surface area contributed by atoms with Crippen LogP contribution in [-0.4, -0.2) is 41.6 Å². The molecule has 30 heavy (non-hydrogen) atoms. The first-order valence-electron chi connectivity index (χ1n) is 12.8. The molecule has 4 aliphatic carbocycles. The first-order chi connectivity index (χ1) is 14.3. The van der Waals surface area contributed by atoms with Gasteiger partial charge >= 0.3 is 0 Å². The van der Waals surface area contributed by atoms with Crippen LogP contribution in [0.2, 0.25) is 0 Å². The predicted octanol–water partition coefficient (Wildman–Crippen LogP) is 4.00. The second-order valence-corrected chi connectivity index (χ2v) is 11.8. The SMILES string of the molecule is C=C1C(N)CC2[C@H](CO)C([C@@]3(C)CC[C@H](O)C[C@@H]3CNC3CCCCC3)CC[C@]12C. The standard InChI is InChI=1S/C26H46N2O2/c1-17-24(27)14-23-21(16-29)22(10-12-25(17,23)2)26(3)11-9-20(30)13-18(26)15-28-19-7-5-4-6-8-19/h18-24,28-30H,1,4-16,27H2,2-3H3/t18-,20+,21-,22?,23?,24?,25-,26+/m1/s1. The van der Waals surface area contributed by atoms with Gasteiger partial charge in [0.2, 0.25) is 0 Å². The van der Waals surface area contributed by atoms with E-state index < -0.39 is 0 Å². The maximum Gasteiger partial charge on any atom is 0.0543 e. The molecule has 4 aliphatic rings. The maximum atomic E-state index is 10.6. The van der Waals surface area contributed by atoms with Gasteiger partial charge in [-0.1, -0.05) is 45.3 Å². The van der Waals surface area contributed by atoms with Crippen LogP contribution >= 0.6 is 0 Å². The third-order valence-corrected chi connectivity index (χ3v) is 10.3. The summed E-state index contributed by atoms with van der Waals surface area (Å²) in [6.45, 7) is 10.5. The average Bonchev–Trinajstić information content (AvgIpc) is 2.98. The molecule has 0 saturated heterocycles. The van der Waals surface area contributed by atoms with Gasteiger partial charge < -0.3 is 21.3 Å². The minimum absolute atomic E-state index is 0.0811. The summed E-state index contributed by atoms with van der Waals surface area (Å²) in [6, 6.07) is 0.735. The molecule has 4 heteroatoms. The first kappa shape index (κ1) is 22.8. The molecule has 4 fully saturated rings. The van der Waals surface area contributed by atoms with Crippen LogP contribution in [0, 0.1) is 34.5 Å². The molecule has 0 spiro atoms. The van der Waals surface area contributed by atoms with Gasteiger partial charge in [-0.05, 0) is 92.4 Å². The number of nitrogens with two attached hydrogens (primary N) is 1. The van der Waals surface area contributed by atoms with Crippen molar-refractivity contribution in [1.29, 1.82) is 0 Å². The van der Waals surface area contributed by atoms with E-state index in [1.54, 1.807) is 0 Å². The van der Waals surface area contributed by atoms with Crippen LogP contribution in [0.4, 0.5) is 0 Å². The molecule has 3 unspecified atom stereocenters. The first-order valence-corrected chi connectivity index (χ1v) is 12.8. The minimum Gasteiger partial charge on any atom is -0.396 e. The molecule has 0 radical (unpaired) electrons. The number of nitrogens with one attached hydrogen (secondary N) is 1. The molecule has 4 nitrogen and oxygen atoms in total. The summed E-state index contributed by atoms with van der Waals surface area (Å²) in [7, 11) is 0. The molecule has 172 valence electrons. The molecule has 0 aliphatic heterocycles. The highest BCUT2D eigenvalue weighted by Crippen LogP contribution is 2.63. The van der Waals surface area contributed by atoms with E-state index in [2.05, 4.69) is 25.7 Å². The molecule has 5 N–H and O–H groups in total. The summed E-state index contributed by atoms with van der Waals surface area (Å²) >= 11 is 0. The van der Waals surface area contributed by atoms with Crippen molar-refractivity contribution in [2.75, 3.05) is 13.2 Å². The lowest BCUT2D eigenvalue weighted by Crippen LogP contribution is -2.53. The van der Waals surface area contributed by atoms with Crippen molar-refractivity contribution >= 4 is 0 Å². The van der Waals surface area contributed by atoms with Gasteiger partial charge in [-0.15, -0.1) is 0 Å². The van der Waals surface area contributed by atoms with Gasteiger partial charge in [0.15, 0.2) is 0 Å². The van der Waals surface area contributed by atoms with Crippen LogP contribution in [0.3, 0.4) is 0 Å². The molecule has 0 amide bonds. The van der Waals surface area contributed by atoms with E-state index in [-0.39, 0.29) is 29.6 Å². The Morgan fingerprint density at radius 1 is 1.03 bits per heavy atom. The van der Waals surface area contributed by atoms with Gasteiger partial charge in [-0.2, -0.15) is 0 Å². The number of hydrogen-bond donors (Lipinski definition) is 4. The molecule has 0 aromatic carbocycles. The Morgan fingerprint density at radius 3 is 2.47 bits per heavy atom. The van der Waals surface area contributed by atoms with Crippen LogP contribution in [0.1, 0.15) is 84.5 Å². The highest BCUT2D eigenvalue weighted by molar-refractivity contribution is 5.26. The van der Waals surface area contributed by atoms with Crippen molar-refractivity contribution < 1.29 is 10.2 Å². The van der Waals surface area contributed by atoms with Crippen LogP contribution in [0.25, 0.3) is 0 Å². The monoisotopic (exact) mass is 418 g/mol. The summed E-state index contributed by atoms with van der Waals surface area (Å²) in [6.07, 6.45) is 12.7. The largest absolute Gasteiger partial charge is 0.396 e. The summed E-state index contributed by atoms with van der Waals surface area (Å²) in [5.41, 5.74) is 7.92. The number of rotatable bonds is 5. The summed E-state index contributed by atoms with van der Waals surface area (Å²) < 4.78 is 0. The summed E-state index contributed by atoms with van der Waals surface area (Å²) in [4.78, 5) is 0. The Kier molecular flexibility index (Phi) is 6.71. The number of aliphatic hydroxyl groups is 2. The molecule has 4 rings (SSSR count). The highest BCUT2D eigenvalue weighted by atomic mass is 16.3. The van der Waals surface area contributed by atoms with Gasteiger partial charge in [0.1, 0.15) is 0 Å². The van der Waals surface area contributed by atoms with Crippen molar-refractivity contribution in [3.8, 4) is 0 Å². The Labute approximate surface area is 184 Å². The smallest absolute Gasteiger partial charge is 0.0543 e. The molecular formula is C26H46N2O2. The van der Waals surface area contributed by atoms with Crippen LogP contribution < -0.4 is 11.1 Å². The van der Waals surface area contributed by atoms with Gasteiger partial charge in [-0.25, -0.2) is 0 Å². The van der Waals surface area contributed by atoms with Crippen molar-refractivity contribution in [1.82, 2.24) is 5.32 Å². The fraction of sp³-hybridized carbons (Fsp3) is 0.923. The zero-order valence-corrected chi connectivity index (χ0v) is 19.4. The van der Waals surface area contributed by atoms with Gasteiger partial charge in [0, 0.05) is 18.7 Å². The number of aliphatic hydroxyl groups excluding tert-OH is 2. The third-order valence-electron chi connectivity index (χ3n) is 10.3. The highest BCUT2D eigenvalue weighted by Gasteiger charge is 2.58. The van der Waals surface area contributed by atoms with Crippen molar-refractivity contribution in [3.63, 3.8) is 0 Å². The van der Waals surface area contributed by atoms with Crippen molar-refractivity contribution in [2.45, 2.75) is 103 Å². The Bertz CT molecular complexity index is 618. The lowest BCUT2D eigenvalue weighted by atomic mass is 9.49. The fourth-order valence-electron chi connectivity index (χ4n) is 8.17. The normalized spacial score (nSPS) is 48.0. The zero-order chi connectivity index (χ0) is 21.5. The zero-order valence-electron chi connectivity index (χ0n) is 19.4. The maximum absolute atomic E-state index is 10.6. The third kappa shape index (κ3) is 3.91. The van der Waals surface area contributed by atoms with Gasteiger partial charge in [0.05, 0.1) is 6.10 Å². The van der Waals surface area contributed by atoms with Crippen LogP contribution in [0.5, 0.6) is 0 Å². The van der Waals surface area contributed by atoms with Gasteiger partial charge in [-0.3, -0.25) is 0 Å². The Hall–Kier alpha value is -0.420. The van der Waals surface area contributed by atoms with E-state index in [4.69, 9.17) is 5.73 Å². The minimum atomic E-state index is -0.169. The van der Waals surface area contributed by atoms with Crippen molar-refractivity contribution in [2.24, 2.45) is 40.2 Å². The van der Waals surface area contributed by atoms with E-state index in [9.17, 15) is 10.2 Å². The Balaban J connectivity index is 1.53. The molecule has 0 aromatic rings. The summed E-state index contributed by atoms with van der Waals surface area (Å²) in [5, 5.41) is 25.0. The quantitative estimate of drug-likeness (QED) is 0.509. The second-order valence-electron chi connectivity index (χ2n) is 11.8. The number of hydrogen-bond acceptors (Lipinski definition) is 4. The van der Waals surface area contributed by atoms with Crippen molar-refractivity contribution in [3.05, 3.63) is 12.2 Å². The fourth-order valence-corrected chi connectivity index (χ4v) is 8.17. The lowest BCUT2D eigenvalue weighted by Gasteiger charge is -2.56. The van der Waals surface area contributed by atoms with E-state index in [0.29, 0.717) is 29.7 Å². The van der Waals surface area contributed by atoms with Gasteiger partial charge in [0.25, 0.3) is 0 Å². The molecule has 8 atom stereocenters. The topological polar surface area (TPSA) is 78.5 Å². The van der Waals surface area contributed by atoms with E-state index >= 15 is 0 Å². The second kappa shape index (κ2) is 8.84. The van der Waals surface area contributed by atoms with Crippen LogP contribution in [0.15, 0.2) is 12.2 Å². The molecule has 0 aromatic heterocycles. The van der Waals surface area contributed by atoms with E-state index in [0.717, 1.165) is 45.1 Å². The predicted molar refractivity (Wildman–Crippen MR) is 123 cm³/mol. The summed E-state index contributed by atoms with van der Waals surface area (Å²) in [5.74, 6) is 1.72.